The van der Waals surface area contributed by atoms with Crippen molar-refractivity contribution in [3.05, 3.63) is 60.8 Å². The molecule has 0 spiro atoms. The zero-order valence-electron chi connectivity index (χ0n) is 33.6. The molecule has 0 rings (SSSR count). The predicted octanol–water partition coefficient (Wildman–Crippen LogP) is 9.36. The Kier molecular flexibility index (Phi) is 34.8. The van der Waals surface area contributed by atoms with Gasteiger partial charge in [-0.3, -0.25) is 23.4 Å². The third-order valence-corrected chi connectivity index (χ3v) is 9.30. The number of unbranched alkanes of at least 4 members (excludes halogenated alkanes) is 12. The van der Waals surface area contributed by atoms with Crippen LogP contribution in [0.5, 0.6) is 0 Å². The average molecular weight is 798 g/mol. The lowest BCUT2D eigenvalue weighted by Crippen LogP contribution is -2.34. The summed E-state index contributed by atoms with van der Waals surface area (Å²) in [7, 11) is -4.75. The first-order valence-corrected chi connectivity index (χ1v) is 21.9. The van der Waals surface area contributed by atoms with E-state index < -0.39 is 57.2 Å². The van der Waals surface area contributed by atoms with Gasteiger partial charge in [0.1, 0.15) is 12.6 Å². The van der Waals surface area contributed by atoms with Crippen molar-refractivity contribution < 1.29 is 52.6 Å². The molecule has 0 bridgehead atoms. The van der Waals surface area contributed by atoms with E-state index in [0.29, 0.717) is 19.3 Å². The number of hydrogen-bond donors (Lipinski definition) is 4. The third kappa shape index (κ3) is 36.5. The molecule has 0 fully saturated rings. The number of nitrogens with two attached hydrogens (primary N) is 1. The number of phosphoric ester groups is 1. The topological polar surface area (TPSA) is 192 Å². The Balaban J connectivity index is 4.53. The van der Waals surface area contributed by atoms with Crippen molar-refractivity contribution in [3.8, 4) is 0 Å². The summed E-state index contributed by atoms with van der Waals surface area (Å²) in [6, 6.07) is -1.54. The quantitative estimate of drug-likeness (QED) is 0.0153. The number of rotatable bonds is 37. The first-order valence-electron chi connectivity index (χ1n) is 20.4. The molecule has 55 heavy (non-hydrogen) atoms. The number of aliphatic hydroxyl groups excluding tert-OH is 1. The molecule has 0 aliphatic rings. The van der Waals surface area contributed by atoms with Crippen LogP contribution in [0.2, 0.25) is 0 Å². The van der Waals surface area contributed by atoms with Crippen LogP contribution in [0.15, 0.2) is 60.8 Å². The summed E-state index contributed by atoms with van der Waals surface area (Å²) in [6.07, 6.45) is 37.3. The fourth-order valence-corrected chi connectivity index (χ4v) is 5.88. The van der Waals surface area contributed by atoms with E-state index >= 15 is 0 Å². The normalized spacial score (nSPS) is 15.0. The molecule has 0 amide bonds. The zero-order valence-corrected chi connectivity index (χ0v) is 34.5. The van der Waals surface area contributed by atoms with Crippen LogP contribution in [0.25, 0.3) is 0 Å². The fraction of sp³-hybridized carbons (Fsp3) is 0.690. The largest absolute Gasteiger partial charge is 0.480 e. The summed E-state index contributed by atoms with van der Waals surface area (Å²) >= 11 is 0. The van der Waals surface area contributed by atoms with Crippen LogP contribution in [0.3, 0.4) is 0 Å². The third-order valence-electron chi connectivity index (χ3n) is 8.35. The van der Waals surface area contributed by atoms with E-state index in [-0.39, 0.29) is 19.4 Å². The highest BCUT2D eigenvalue weighted by Crippen LogP contribution is 2.43. The van der Waals surface area contributed by atoms with E-state index in [1.807, 2.05) is 18.2 Å². The second kappa shape index (κ2) is 36.8. The summed E-state index contributed by atoms with van der Waals surface area (Å²) in [6.45, 7) is 2.51. The van der Waals surface area contributed by atoms with Crippen molar-refractivity contribution in [1.82, 2.24) is 0 Å². The number of aliphatic carboxylic acids is 1. The summed E-state index contributed by atoms with van der Waals surface area (Å²) in [5.41, 5.74) is 5.32. The minimum absolute atomic E-state index is 0.0856. The number of carboxylic acids is 1. The number of phosphoric acid groups is 1. The zero-order chi connectivity index (χ0) is 40.8. The van der Waals surface area contributed by atoms with E-state index in [2.05, 4.69) is 54.8 Å². The molecule has 0 heterocycles. The van der Waals surface area contributed by atoms with E-state index in [0.717, 1.165) is 83.5 Å². The summed E-state index contributed by atoms with van der Waals surface area (Å²) in [4.78, 5) is 45.9. The lowest BCUT2D eigenvalue weighted by molar-refractivity contribution is -0.161. The van der Waals surface area contributed by atoms with Gasteiger partial charge in [0.15, 0.2) is 6.10 Å². The van der Waals surface area contributed by atoms with Gasteiger partial charge in [0, 0.05) is 12.8 Å². The Labute approximate surface area is 330 Å². The number of carbonyl (C=O) groups excluding carboxylic acids is 2. The average Bonchev–Trinajstić information content (AvgIpc) is 3.15. The molecule has 0 aromatic carbocycles. The molecule has 0 radical (unpaired) electrons. The minimum Gasteiger partial charge on any atom is -0.480 e. The molecule has 0 saturated carbocycles. The first-order chi connectivity index (χ1) is 26.5. The molecule has 0 aliphatic heterocycles. The molecule has 13 heteroatoms. The van der Waals surface area contributed by atoms with Gasteiger partial charge < -0.3 is 30.3 Å². The first kappa shape index (κ1) is 52.1. The highest BCUT2D eigenvalue weighted by molar-refractivity contribution is 7.47. The van der Waals surface area contributed by atoms with Crippen LogP contribution in [-0.2, 0) is 37.5 Å². The number of hydrogen-bond acceptors (Lipinski definition) is 10. The molecule has 12 nitrogen and oxygen atoms in total. The molecule has 5 N–H and O–H groups in total. The monoisotopic (exact) mass is 797 g/mol. The number of esters is 2. The van der Waals surface area contributed by atoms with E-state index in [1.54, 1.807) is 6.08 Å². The molecule has 4 atom stereocenters. The number of ether oxygens (including phenoxy) is 2. The maximum Gasteiger partial charge on any atom is 0.472 e. The highest BCUT2D eigenvalue weighted by Gasteiger charge is 2.28. The van der Waals surface area contributed by atoms with Gasteiger partial charge >= 0.3 is 25.7 Å². The number of carboxylic acid groups (broad SMARTS) is 1. The molecule has 0 aliphatic carbocycles. The van der Waals surface area contributed by atoms with Gasteiger partial charge in [-0.1, -0.05) is 132 Å². The molecule has 0 aromatic heterocycles. The van der Waals surface area contributed by atoms with Gasteiger partial charge in [-0.05, 0) is 64.2 Å². The van der Waals surface area contributed by atoms with Crippen LogP contribution < -0.4 is 5.73 Å². The molecule has 0 aromatic rings. The van der Waals surface area contributed by atoms with Gasteiger partial charge in [0.2, 0.25) is 0 Å². The second-order valence-electron chi connectivity index (χ2n) is 13.6. The number of carbonyl (C=O) groups is 3. The summed E-state index contributed by atoms with van der Waals surface area (Å²) in [5, 5.41) is 19.0. The SMILES string of the molecule is CC/C=C/C/C=C/C=C/C(O)CCCCCCCC(=O)O[C@H](COC(=O)CCCCCCC/C=C\C/C=C\CCCCC)COP(=O)(O)OC[C@H](N)C(=O)O. The van der Waals surface area contributed by atoms with Gasteiger partial charge in [-0.15, -0.1) is 0 Å². The van der Waals surface area contributed by atoms with Gasteiger partial charge in [-0.25, -0.2) is 4.57 Å². The Morgan fingerprint density at radius 2 is 1.24 bits per heavy atom. The lowest BCUT2D eigenvalue weighted by Gasteiger charge is -2.20. The molecular formula is C42H72NO11P. The summed E-state index contributed by atoms with van der Waals surface area (Å²) in [5.74, 6) is -2.49. The minimum atomic E-state index is -4.75. The van der Waals surface area contributed by atoms with Gasteiger partial charge in [0.05, 0.1) is 19.3 Å². The molecular weight excluding hydrogens is 725 g/mol. The maximum atomic E-state index is 12.6. The standard InChI is InChI=1S/C42H72NO11P/c1-3-5-7-9-11-12-13-14-15-16-17-18-20-24-28-32-40(45)51-34-38(35-52-55(49,50)53-36-39(43)42(47)48)54-41(46)33-29-25-21-23-27-31-37(44)30-26-22-19-10-8-6-4-2/h6,8,11-12,14-15,19,22,26,30,37-39,44H,3-5,7,9-10,13,16-18,20-21,23-25,27-29,31-36,43H2,1-2H3,(H,47,48)(H,49,50)/b8-6+,12-11-,15-14-,22-19+,30-26+/t37?,38-,39+/m1/s1. The Hall–Kier alpha value is -2.86. The lowest BCUT2D eigenvalue weighted by atomic mass is 10.1. The van der Waals surface area contributed by atoms with Crippen molar-refractivity contribution in [2.45, 2.75) is 167 Å². The van der Waals surface area contributed by atoms with Crippen molar-refractivity contribution in [2.75, 3.05) is 19.8 Å². The van der Waals surface area contributed by atoms with Crippen molar-refractivity contribution in [2.24, 2.45) is 5.73 Å². The predicted molar refractivity (Wildman–Crippen MR) is 218 cm³/mol. The Morgan fingerprint density at radius 3 is 1.89 bits per heavy atom. The second-order valence-corrected chi connectivity index (χ2v) is 15.0. The van der Waals surface area contributed by atoms with E-state index in [9.17, 15) is 28.9 Å². The smallest absolute Gasteiger partial charge is 0.472 e. The van der Waals surface area contributed by atoms with Crippen molar-refractivity contribution >= 4 is 25.7 Å². The van der Waals surface area contributed by atoms with Gasteiger partial charge in [-0.2, -0.15) is 0 Å². The number of aliphatic hydroxyl groups is 1. The molecule has 2 unspecified atom stereocenters. The maximum absolute atomic E-state index is 12.6. The molecule has 316 valence electrons. The molecule has 0 saturated heterocycles. The number of allylic oxidation sites excluding steroid dienone is 9. The Bertz CT molecular complexity index is 1180. The fourth-order valence-electron chi connectivity index (χ4n) is 5.10. The highest BCUT2D eigenvalue weighted by atomic mass is 31.2. The van der Waals surface area contributed by atoms with E-state index in [4.69, 9.17) is 24.8 Å². The van der Waals surface area contributed by atoms with Crippen LogP contribution in [0, 0.1) is 0 Å². The van der Waals surface area contributed by atoms with Crippen molar-refractivity contribution in [3.63, 3.8) is 0 Å². The summed E-state index contributed by atoms with van der Waals surface area (Å²) < 4.78 is 32.6. The van der Waals surface area contributed by atoms with E-state index in [1.165, 1.54) is 19.3 Å². The van der Waals surface area contributed by atoms with Crippen molar-refractivity contribution in [1.29, 1.82) is 0 Å². The van der Waals surface area contributed by atoms with Crippen LogP contribution in [-0.4, -0.2) is 71.1 Å². The van der Waals surface area contributed by atoms with Gasteiger partial charge in [0.25, 0.3) is 0 Å². The van der Waals surface area contributed by atoms with Crippen LogP contribution >= 0.6 is 7.82 Å². The Morgan fingerprint density at radius 1 is 0.673 bits per heavy atom. The van der Waals surface area contributed by atoms with Crippen LogP contribution in [0.4, 0.5) is 0 Å². The van der Waals surface area contributed by atoms with Crippen LogP contribution in [0.1, 0.15) is 149 Å².